The van der Waals surface area contributed by atoms with Crippen LogP contribution in [0.4, 0.5) is 0 Å². The summed E-state index contributed by atoms with van der Waals surface area (Å²) in [7, 11) is 0. The lowest BCUT2D eigenvalue weighted by atomic mass is 10.0. The molecule has 0 fully saturated rings. The summed E-state index contributed by atoms with van der Waals surface area (Å²) in [5.74, 6) is 0.0124. The largest absolute Gasteiger partial charge is 0.482 e. The third kappa shape index (κ3) is 4.03. The molecule has 0 aliphatic heterocycles. The molecule has 20 heavy (non-hydrogen) atoms. The summed E-state index contributed by atoms with van der Waals surface area (Å²) < 4.78 is 5.36. The molecular weight excluding hydrogens is 299 g/mol. The van der Waals surface area contributed by atoms with Crippen LogP contribution in [0.25, 0.3) is 0 Å². The Balaban J connectivity index is 2.67. The summed E-state index contributed by atoms with van der Waals surface area (Å²) in [6.45, 7) is 5.04. The smallest absolute Gasteiger partial charge is 0.259 e. The summed E-state index contributed by atoms with van der Waals surface area (Å²) in [5.41, 5.74) is -0.193. The average molecular weight is 315 g/mol. The Morgan fingerprint density at radius 3 is 2.70 bits per heavy atom. The molecule has 0 heterocycles. The van der Waals surface area contributed by atoms with Crippen LogP contribution >= 0.6 is 23.2 Å². The molecule has 1 atom stereocenters. The molecule has 4 nitrogen and oxygen atoms in total. The minimum Gasteiger partial charge on any atom is -0.482 e. The van der Waals surface area contributed by atoms with Gasteiger partial charge in [0.25, 0.3) is 5.91 Å². The molecule has 0 bridgehead atoms. The molecule has 0 aromatic heterocycles. The predicted molar refractivity (Wildman–Crippen MR) is 79.1 cm³/mol. The third-order valence-corrected chi connectivity index (χ3v) is 3.89. The molecule has 108 valence electrons. The maximum atomic E-state index is 11.8. The fourth-order valence-corrected chi connectivity index (χ4v) is 1.86. The van der Waals surface area contributed by atoms with Gasteiger partial charge in [0.15, 0.2) is 6.61 Å². The van der Waals surface area contributed by atoms with Crippen LogP contribution < -0.4 is 10.1 Å². The van der Waals surface area contributed by atoms with Crippen molar-refractivity contribution < 1.29 is 9.53 Å². The van der Waals surface area contributed by atoms with E-state index < -0.39 is 5.54 Å². The number of carbonyl (C=O) groups excluding carboxylic acids is 1. The highest BCUT2D eigenvalue weighted by Crippen LogP contribution is 2.32. The van der Waals surface area contributed by atoms with Gasteiger partial charge in [-0.05, 0) is 38.0 Å². The Morgan fingerprint density at radius 1 is 1.50 bits per heavy atom. The van der Waals surface area contributed by atoms with Crippen LogP contribution in [0.5, 0.6) is 5.75 Å². The van der Waals surface area contributed by atoms with Crippen LogP contribution in [0.1, 0.15) is 25.8 Å². The molecular formula is C14H16Cl2N2O2. The molecule has 0 aliphatic carbocycles. The first-order valence-electron chi connectivity index (χ1n) is 6.12. The van der Waals surface area contributed by atoms with Crippen molar-refractivity contribution in [2.75, 3.05) is 6.61 Å². The Hall–Kier alpha value is -1.44. The van der Waals surface area contributed by atoms with Crippen molar-refractivity contribution in [3.63, 3.8) is 0 Å². The van der Waals surface area contributed by atoms with E-state index in [0.717, 1.165) is 0 Å². The van der Waals surface area contributed by atoms with E-state index in [1.54, 1.807) is 26.0 Å². The van der Waals surface area contributed by atoms with E-state index in [0.29, 0.717) is 27.8 Å². The Kier molecular flexibility index (Phi) is 5.67. The SMILES string of the molecule is CCC(C)(C#N)NC(=O)COc1ccc(Cl)c(C)c1Cl. The number of benzene rings is 1. The predicted octanol–water partition coefficient (Wildman–Crippen LogP) is 3.49. The standard InChI is InChI=1S/C14H16Cl2N2O2/c1-4-14(3,8-17)18-12(19)7-20-11-6-5-10(15)9(2)13(11)16/h5-6H,4,7H2,1-3H3,(H,18,19). The summed E-state index contributed by atoms with van der Waals surface area (Å²) in [6, 6.07) is 5.31. The van der Waals surface area contributed by atoms with Gasteiger partial charge in [-0.25, -0.2) is 0 Å². The zero-order valence-electron chi connectivity index (χ0n) is 11.6. The van der Waals surface area contributed by atoms with Crippen molar-refractivity contribution in [1.82, 2.24) is 5.32 Å². The van der Waals surface area contributed by atoms with Crippen LogP contribution in [0.2, 0.25) is 10.0 Å². The van der Waals surface area contributed by atoms with Crippen LogP contribution in [0, 0.1) is 18.3 Å². The number of rotatable bonds is 5. The second-order valence-corrected chi connectivity index (χ2v) is 5.40. The molecule has 6 heteroatoms. The van der Waals surface area contributed by atoms with Crippen molar-refractivity contribution in [3.8, 4) is 11.8 Å². The van der Waals surface area contributed by atoms with Gasteiger partial charge in [-0.3, -0.25) is 4.79 Å². The lowest BCUT2D eigenvalue weighted by molar-refractivity contribution is -0.124. The van der Waals surface area contributed by atoms with Gasteiger partial charge in [0.05, 0.1) is 11.1 Å². The molecule has 0 aliphatic rings. The zero-order chi connectivity index (χ0) is 15.3. The van der Waals surface area contributed by atoms with E-state index in [2.05, 4.69) is 11.4 Å². The van der Waals surface area contributed by atoms with Gasteiger partial charge >= 0.3 is 0 Å². The van der Waals surface area contributed by atoms with Crippen molar-refractivity contribution in [2.24, 2.45) is 0 Å². The van der Waals surface area contributed by atoms with Gasteiger partial charge in [0.2, 0.25) is 0 Å². The van der Waals surface area contributed by atoms with E-state index in [-0.39, 0.29) is 12.5 Å². The number of nitrogens with zero attached hydrogens (tertiary/aromatic N) is 1. The van der Waals surface area contributed by atoms with Gasteiger partial charge in [-0.1, -0.05) is 30.1 Å². The van der Waals surface area contributed by atoms with Gasteiger partial charge in [-0.2, -0.15) is 5.26 Å². The van der Waals surface area contributed by atoms with Gasteiger partial charge in [0.1, 0.15) is 11.3 Å². The Morgan fingerprint density at radius 2 is 2.15 bits per heavy atom. The molecule has 1 unspecified atom stereocenters. The van der Waals surface area contributed by atoms with E-state index in [4.69, 9.17) is 33.2 Å². The maximum Gasteiger partial charge on any atom is 0.259 e. The van der Waals surface area contributed by atoms with E-state index >= 15 is 0 Å². The van der Waals surface area contributed by atoms with E-state index in [9.17, 15) is 4.79 Å². The second kappa shape index (κ2) is 6.83. The van der Waals surface area contributed by atoms with Crippen LogP contribution in [-0.2, 0) is 4.79 Å². The molecule has 0 saturated carbocycles. The average Bonchev–Trinajstić information content (AvgIpc) is 2.44. The first kappa shape index (κ1) is 16.6. The molecule has 1 aromatic carbocycles. The topological polar surface area (TPSA) is 62.1 Å². The molecule has 1 N–H and O–H groups in total. The molecule has 1 aromatic rings. The Labute approximate surface area is 128 Å². The minimum atomic E-state index is -0.889. The lowest BCUT2D eigenvalue weighted by Crippen LogP contribution is -2.46. The molecule has 1 rings (SSSR count). The number of halogens is 2. The number of ether oxygens (including phenoxy) is 1. The molecule has 0 spiro atoms. The highest BCUT2D eigenvalue weighted by molar-refractivity contribution is 6.36. The summed E-state index contributed by atoms with van der Waals surface area (Å²) in [5, 5.41) is 12.5. The highest BCUT2D eigenvalue weighted by atomic mass is 35.5. The fraction of sp³-hybridized carbons (Fsp3) is 0.429. The number of hydrogen-bond donors (Lipinski definition) is 1. The summed E-state index contributed by atoms with van der Waals surface area (Å²) >= 11 is 12.0. The Bertz CT molecular complexity index is 555. The first-order valence-corrected chi connectivity index (χ1v) is 6.88. The molecule has 0 saturated heterocycles. The van der Waals surface area contributed by atoms with Gasteiger partial charge in [0, 0.05) is 5.02 Å². The number of nitriles is 1. The van der Waals surface area contributed by atoms with Crippen molar-refractivity contribution in [2.45, 2.75) is 32.7 Å². The number of carbonyl (C=O) groups is 1. The van der Waals surface area contributed by atoms with E-state index in [1.165, 1.54) is 0 Å². The summed E-state index contributed by atoms with van der Waals surface area (Å²) in [4.78, 5) is 11.8. The quantitative estimate of drug-likeness (QED) is 0.904. The third-order valence-electron chi connectivity index (χ3n) is 3.01. The second-order valence-electron chi connectivity index (χ2n) is 4.62. The summed E-state index contributed by atoms with van der Waals surface area (Å²) in [6.07, 6.45) is 0.510. The number of amides is 1. The van der Waals surface area contributed by atoms with Crippen LogP contribution in [-0.4, -0.2) is 18.1 Å². The number of hydrogen-bond acceptors (Lipinski definition) is 3. The normalized spacial score (nSPS) is 13.2. The highest BCUT2D eigenvalue weighted by Gasteiger charge is 2.23. The van der Waals surface area contributed by atoms with Crippen molar-refractivity contribution >= 4 is 29.1 Å². The van der Waals surface area contributed by atoms with Crippen LogP contribution in [0.15, 0.2) is 12.1 Å². The zero-order valence-corrected chi connectivity index (χ0v) is 13.1. The fourth-order valence-electron chi connectivity index (χ4n) is 1.43. The monoisotopic (exact) mass is 314 g/mol. The molecule has 1 amide bonds. The number of nitrogens with one attached hydrogen (secondary N) is 1. The van der Waals surface area contributed by atoms with E-state index in [1.807, 2.05) is 6.92 Å². The minimum absolute atomic E-state index is 0.210. The maximum absolute atomic E-state index is 11.8. The van der Waals surface area contributed by atoms with Crippen molar-refractivity contribution in [3.05, 3.63) is 27.7 Å². The van der Waals surface area contributed by atoms with Crippen molar-refractivity contribution in [1.29, 1.82) is 5.26 Å². The van der Waals surface area contributed by atoms with Gasteiger partial charge < -0.3 is 10.1 Å². The first-order chi connectivity index (χ1) is 9.33. The molecule has 0 radical (unpaired) electrons. The van der Waals surface area contributed by atoms with Crippen LogP contribution in [0.3, 0.4) is 0 Å². The lowest BCUT2D eigenvalue weighted by Gasteiger charge is -2.21. The van der Waals surface area contributed by atoms with Gasteiger partial charge in [-0.15, -0.1) is 0 Å².